The fraction of sp³-hybridized carbons (Fsp3) is 0. The van der Waals surface area contributed by atoms with Crippen LogP contribution in [0.1, 0.15) is 0 Å². The van der Waals surface area contributed by atoms with Gasteiger partial charge in [-0.3, -0.25) is 4.98 Å². The number of halogens is 1. The van der Waals surface area contributed by atoms with E-state index in [0.29, 0.717) is 5.02 Å². The van der Waals surface area contributed by atoms with Gasteiger partial charge in [0.1, 0.15) is 5.52 Å². The largest absolute Gasteiger partial charge is 0.343 e. The Balaban J connectivity index is 2.95. The lowest BCUT2D eigenvalue weighted by Gasteiger charge is -1.87. The monoisotopic (exact) mass is 153 g/mol. The zero-order valence-electron chi connectivity index (χ0n) is 5.00. The van der Waals surface area contributed by atoms with Crippen LogP contribution in [0, 0.1) is 0 Å². The number of aromatic amines is 1. The molecule has 0 unspecified atom stereocenters. The quantitative estimate of drug-likeness (QED) is 0.625. The zero-order valence-corrected chi connectivity index (χ0v) is 5.76. The molecular weight excluding hydrogens is 150 g/mol. The average Bonchev–Trinajstić information content (AvgIpc) is 2.36. The van der Waals surface area contributed by atoms with E-state index < -0.39 is 0 Å². The van der Waals surface area contributed by atoms with Crippen LogP contribution in [0.2, 0.25) is 5.02 Å². The Morgan fingerprint density at radius 3 is 3.10 bits per heavy atom. The fourth-order valence-corrected chi connectivity index (χ4v) is 1.04. The first-order valence-electron chi connectivity index (χ1n) is 2.80. The molecule has 0 bridgehead atoms. The lowest BCUT2D eigenvalue weighted by molar-refractivity contribution is 1.33. The minimum Gasteiger partial charge on any atom is -0.343 e. The highest BCUT2D eigenvalue weighted by Gasteiger charge is 1.98. The molecule has 1 N–H and O–H groups in total. The summed E-state index contributed by atoms with van der Waals surface area (Å²) in [6.07, 6.45) is 4.86. The van der Waals surface area contributed by atoms with Crippen molar-refractivity contribution in [1.82, 2.24) is 15.0 Å². The van der Waals surface area contributed by atoms with E-state index in [1.807, 2.05) is 0 Å². The third kappa shape index (κ3) is 0.675. The Labute approximate surface area is 62.1 Å². The average molecular weight is 154 g/mol. The van der Waals surface area contributed by atoms with Crippen LogP contribution in [0.5, 0.6) is 0 Å². The van der Waals surface area contributed by atoms with Crippen LogP contribution < -0.4 is 0 Å². The van der Waals surface area contributed by atoms with Crippen molar-refractivity contribution in [3.63, 3.8) is 0 Å². The summed E-state index contributed by atoms with van der Waals surface area (Å²) in [4.78, 5) is 10.8. The predicted molar refractivity (Wildman–Crippen MR) is 38.9 cm³/mol. The first kappa shape index (κ1) is 5.68. The van der Waals surface area contributed by atoms with E-state index in [0.717, 1.165) is 11.0 Å². The van der Waals surface area contributed by atoms with Gasteiger partial charge in [-0.25, -0.2) is 4.98 Å². The van der Waals surface area contributed by atoms with E-state index in [1.165, 1.54) is 0 Å². The summed E-state index contributed by atoms with van der Waals surface area (Å²) in [6.45, 7) is 0. The molecule has 0 atom stereocenters. The zero-order chi connectivity index (χ0) is 6.97. The first-order chi connectivity index (χ1) is 4.88. The van der Waals surface area contributed by atoms with Crippen LogP contribution in [0.15, 0.2) is 18.7 Å². The highest BCUT2D eigenvalue weighted by molar-refractivity contribution is 6.34. The lowest BCUT2D eigenvalue weighted by atomic mass is 10.4. The Bertz CT molecular complexity index is 355. The van der Waals surface area contributed by atoms with Crippen LogP contribution in [0.4, 0.5) is 0 Å². The maximum atomic E-state index is 5.75. The summed E-state index contributed by atoms with van der Waals surface area (Å²) >= 11 is 5.75. The first-order valence-corrected chi connectivity index (χ1v) is 3.18. The number of nitrogens with zero attached hydrogens (tertiary/aromatic N) is 2. The van der Waals surface area contributed by atoms with Crippen LogP contribution in [0.3, 0.4) is 0 Å². The van der Waals surface area contributed by atoms with Crippen molar-refractivity contribution in [2.75, 3.05) is 0 Å². The molecular formula is C6H4ClN3. The standard InChI is InChI=1S/C6H4ClN3/c7-4-1-8-2-5-6(4)10-3-9-5/h1-3H,(H,9,10). The van der Waals surface area contributed by atoms with Crippen molar-refractivity contribution in [3.05, 3.63) is 23.7 Å². The summed E-state index contributed by atoms with van der Waals surface area (Å²) in [5, 5.41) is 0.582. The SMILES string of the molecule is Clc1cncc2[nH]cnc12. The number of nitrogens with one attached hydrogen (secondary N) is 1. The van der Waals surface area contributed by atoms with Gasteiger partial charge in [-0.2, -0.15) is 0 Å². The summed E-state index contributed by atoms with van der Waals surface area (Å²) in [7, 11) is 0. The second kappa shape index (κ2) is 1.95. The molecule has 2 rings (SSSR count). The number of rotatable bonds is 0. The van der Waals surface area contributed by atoms with Crippen molar-refractivity contribution in [2.24, 2.45) is 0 Å². The number of fused-ring (bicyclic) bond motifs is 1. The second-order valence-electron chi connectivity index (χ2n) is 1.92. The highest BCUT2D eigenvalue weighted by atomic mass is 35.5. The molecule has 2 aromatic rings. The molecule has 2 aromatic heterocycles. The third-order valence-electron chi connectivity index (χ3n) is 1.29. The van der Waals surface area contributed by atoms with Gasteiger partial charge in [0.25, 0.3) is 0 Å². The fourth-order valence-electron chi connectivity index (χ4n) is 0.831. The van der Waals surface area contributed by atoms with E-state index in [4.69, 9.17) is 11.6 Å². The van der Waals surface area contributed by atoms with Gasteiger partial charge >= 0.3 is 0 Å². The normalized spacial score (nSPS) is 10.5. The Kier molecular flexibility index (Phi) is 1.11. The number of hydrogen-bond acceptors (Lipinski definition) is 2. The van der Waals surface area contributed by atoms with E-state index >= 15 is 0 Å². The highest BCUT2D eigenvalue weighted by Crippen LogP contribution is 2.16. The van der Waals surface area contributed by atoms with Crippen LogP contribution in [-0.2, 0) is 0 Å². The van der Waals surface area contributed by atoms with Crippen molar-refractivity contribution >= 4 is 22.6 Å². The maximum Gasteiger partial charge on any atom is 0.110 e. The van der Waals surface area contributed by atoms with Gasteiger partial charge < -0.3 is 4.98 Å². The van der Waals surface area contributed by atoms with Crippen molar-refractivity contribution < 1.29 is 0 Å². The van der Waals surface area contributed by atoms with Gasteiger partial charge in [0.2, 0.25) is 0 Å². The number of pyridine rings is 1. The molecule has 0 fully saturated rings. The molecule has 3 nitrogen and oxygen atoms in total. The van der Waals surface area contributed by atoms with Gasteiger partial charge in [-0.05, 0) is 0 Å². The smallest absolute Gasteiger partial charge is 0.110 e. The molecule has 2 heterocycles. The Hall–Kier alpha value is -1.09. The topological polar surface area (TPSA) is 41.6 Å². The minimum absolute atomic E-state index is 0.582. The molecule has 0 spiro atoms. The van der Waals surface area contributed by atoms with Gasteiger partial charge in [-0.1, -0.05) is 11.6 Å². The van der Waals surface area contributed by atoms with Crippen molar-refractivity contribution in [1.29, 1.82) is 0 Å². The summed E-state index contributed by atoms with van der Waals surface area (Å²) in [6, 6.07) is 0. The molecule has 0 aliphatic rings. The molecule has 0 saturated heterocycles. The molecule has 0 radical (unpaired) electrons. The molecule has 4 heteroatoms. The molecule has 0 aromatic carbocycles. The second-order valence-corrected chi connectivity index (χ2v) is 2.33. The number of hydrogen-bond donors (Lipinski definition) is 1. The number of aromatic nitrogens is 3. The molecule has 0 amide bonds. The minimum atomic E-state index is 0.582. The number of H-pyrrole nitrogens is 1. The van der Waals surface area contributed by atoms with E-state index in [2.05, 4.69) is 15.0 Å². The van der Waals surface area contributed by atoms with Gasteiger partial charge in [0.05, 0.1) is 23.1 Å². The molecule has 0 saturated carbocycles. The van der Waals surface area contributed by atoms with Crippen molar-refractivity contribution in [2.45, 2.75) is 0 Å². The molecule has 50 valence electrons. The van der Waals surface area contributed by atoms with E-state index in [-0.39, 0.29) is 0 Å². The Morgan fingerprint density at radius 1 is 1.40 bits per heavy atom. The molecule has 0 aliphatic carbocycles. The predicted octanol–water partition coefficient (Wildman–Crippen LogP) is 1.61. The van der Waals surface area contributed by atoms with Gasteiger partial charge in [-0.15, -0.1) is 0 Å². The van der Waals surface area contributed by atoms with Gasteiger partial charge in [0, 0.05) is 6.20 Å². The van der Waals surface area contributed by atoms with Crippen LogP contribution >= 0.6 is 11.6 Å². The summed E-state index contributed by atoms with van der Waals surface area (Å²) in [5.74, 6) is 0. The molecule has 0 aliphatic heterocycles. The molecule has 10 heavy (non-hydrogen) atoms. The van der Waals surface area contributed by atoms with E-state index in [1.54, 1.807) is 18.7 Å². The van der Waals surface area contributed by atoms with Gasteiger partial charge in [0.15, 0.2) is 0 Å². The van der Waals surface area contributed by atoms with Crippen LogP contribution in [-0.4, -0.2) is 15.0 Å². The summed E-state index contributed by atoms with van der Waals surface area (Å²) in [5.41, 5.74) is 1.64. The van der Waals surface area contributed by atoms with E-state index in [9.17, 15) is 0 Å². The van der Waals surface area contributed by atoms with Crippen molar-refractivity contribution in [3.8, 4) is 0 Å². The Morgan fingerprint density at radius 2 is 2.30 bits per heavy atom. The maximum absolute atomic E-state index is 5.75. The summed E-state index contributed by atoms with van der Waals surface area (Å²) < 4.78 is 0. The third-order valence-corrected chi connectivity index (χ3v) is 1.56. The number of imidazole rings is 1. The van der Waals surface area contributed by atoms with Crippen LogP contribution in [0.25, 0.3) is 11.0 Å². The lowest BCUT2D eigenvalue weighted by Crippen LogP contribution is -1.73.